The van der Waals surface area contributed by atoms with Gasteiger partial charge in [-0.3, -0.25) is 4.79 Å². The third-order valence-electron chi connectivity index (χ3n) is 6.96. The zero-order valence-corrected chi connectivity index (χ0v) is 23.6. The van der Waals surface area contributed by atoms with Crippen LogP contribution in [-0.4, -0.2) is 49.8 Å². The maximum Gasteiger partial charge on any atom is 0.251 e. The number of aliphatic hydroxyl groups is 1. The Labute approximate surface area is 247 Å². The number of benzene rings is 3. The van der Waals surface area contributed by atoms with Crippen molar-refractivity contribution in [2.75, 3.05) is 6.54 Å². The predicted molar refractivity (Wildman–Crippen MR) is 157 cm³/mol. The molecule has 0 saturated heterocycles. The summed E-state index contributed by atoms with van der Waals surface area (Å²) in [6.07, 6.45) is 1.49. The minimum absolute atomic E-state index is 0.0176. The van der Waals surface area contributed by atoms with E-state index < -0.39 is 29.7 Å². The number of rotatable bonds is 13. The van der Waals surface area contributed by atoms with Crippen LogP contribution in [0.15, 0.2) is 85.1 Å². The van der Waals surface area contributed by atoms with E-state index in [-0.39, 0.29) is 19.6 Å². The van der Waals surface area contributed by atoms with E-state index >= 15 is 0 Å². The molecular weight excluding hydrogens is 554 g/mol. The maximum atomic E-state index is 13.9. The molecule has 0 aliphatic rings. The molecule has 1 amide bonds. The van der Waals surface area contributed by atoms with Gasteiger partial charge in [-0.15, -0.1) is 5.10 Å². The number of carbonyl (C=O) groups excluding carboxylic acids is 1. The first-order valence-corrected chi connectivity index (χ1v) is 14.0. The molecule has 11 heteroatoms. The molecule has 2 aromatic heterocycles. The summed E-state index contributed by atoms with van der Waals surface area (Å²) in [5.74, 6) is -1.91. The van der Waals surface area contributed by atoms with Crippen molar-refractivity contribution in [3.05, 3.63) is 125 Å². The SMILES string of the molecule is CCc1cccc(CNC[C@H](O)[C@H](Cc2cc(F)cc(F)c2)NC(=O)c2cccc(COn3nnc4cccnc43)c2)c1. The fourth-order valence-corrected chi connectivity index (χ4v) is 4.75. The average Bonchev–Trinajstić information content (AvgIpc) is 3.42. The number of fused-ring (bicyclic) bond motifs is 1. The minimum atomic E-state index is -1.05. The van der Waals surface area contributed by atoms with Crippen molar-refractivity contribution in [2.24, 2.45) is 0 Å². The van der Waals surface area contributed by atoms with Crippen LogP contribution in [0.1, 0.15) is 39.5 Å². The molecule has 0 fully saturated rings. The standard InChI is InChI=1S/C32H32F2N6O3/c1-2-21-6-3-7-22(12-21)18-35-19-30(41)29(16-24-14-26(33)17-27(34)15-24)37-32(42)25-9-4-8-23(13-25)20-43-40-31-28(38-39-40)10-5-11-36-31/h3-15,17,29-30,35,41H,2,16,18-20H2,1H3,(H,37,42)/t29-,30-/m0/s1. The van der Waals surface area contributed by atoms with Gasteiger partial charge < -0.3 is 20.6 Å². The number of aliphatic hydroxyl groups excluding tert-OH is 1. The second-order valence-electron chi connectivity index (χ2n) is 10.2. The van der Waals surface area contributed by atoms with Gasteiger partial charge in [0.15, 0.2) is 0 Å². The summed E-state index contributed by atoms with van der Waals surface area (Å²) in [6, 6.07) is 20.8. The third-order valence-corrected chi connectivity index (χ3v) is 6.96. The van der Waals surface area contributed by atoms with Gasteiger partial charge in [-0.1, -0.05) is 48.2 Å². The largest absolute Gasteiger partial charge is 0.390 e. The summed E-state index contributed by atoms with van der Waals surface area (Å²) in [5.41, 5.74) is 4.65. The Bertz CT molecular complexity index is 1670. The molecule has 2 atom stereocenters. The molecule has 0 aliphatic carbocycles. The van der Waals surface area contributed by atoms with Crippen LogP contribution in [0, 0.1) is 11.6 Å². The number of aromatic nitrogens is 4. The van der Waals surface area contributed by atoms with Gasteiger partial charge in [-0.05, 0) is 76.7 Å². The lowest BCUT2D eigenvalue weighted by Gasteiger charge is -2.25. The fraction of sp³-hybridized carbons (Fsp3) is 0.250. The Morgan fingerprint density at radius 3 is 2.53 bits per heavy atom. The fourth-order valence-electron chi connectivity index (χ4n) is 4.75. The molecule has 2 heterocycles. The third kappa shape index (κ3) is 7.97. The Balaban J connectivity index is 1.26. The molecule has 9 nitrogen and oxygen atoms in total. The summed E-state index contributed by atoms with van der Waals surface area (Å²) >= 11 is 0. The van der Waals surface area contributed by atoms with E-state index in [1.165, 1.54) is 22.5 Å². The number of nitrogens with zero attached hydrogens (tertiary/aromatic N) is 4. The zero-order valence-electron chi connectivity index (χ0n) is 23.6. The molecule has 5 aromatic rings. The van der Waals surface area contributed by atoms with Gasteiger partial charge >= 0.3 is 0 Å². The van der Waals surface area contributed by atoms with Gasteiger partial charge in [0, 0.05) is 30.9 Å². The quantitative estimate of drug-likeness (QED) is 0.192. The molecule has 0 spiro atoms. The highest BCUT2D eigenvalue weighted by Gasteiger charge is 2.23. The number of nitrogens with one attached hydrogen (secondary N) is 2. The lowest BCUT2D eigenvalue weighted by atomic mass is 9.99. The molecular formula is C32H32F2N6O3. The Morgan fingerprint density at radius 1 is 0.953 bits per heavy atom. The highest BCUT2D eigenvalue weighted by molar-refractivity contribution is 5.94. The van der Waals surface area contributed by atoms with Crippen LogP contribution < -0.4 is 15.5 Å². The van der Waals surface area contributed by atoms with Crippen LogP contribution in [0.2, 0.25) is 0 Å². The van der Waals surface area contributed by atoms with Crippen LogP contribution in [0.5, 0.6) is 0 Å². The van der Waals surface area contributed by atoms with Crippen LogP contribution in [0.4, 0.5) is 8.78 Å². The summed E-state index contributed by atoms with van der Waals surface area (Å²) in [5, 5.41) is 25.1. The van der Waals surface area contributed by atoms with Crippen molar-refractivity contribution in [3.8, 4) is 0 Å². The zero-order chi connectivity index (χ0) is 30.2. The first-order valence-electron chi connectivity index (χ1n) is 14.0. The predicted octanol–water partition coefficient (Wildman–Crippen LogP) is 3.79. The molecule has 3 N–H and O–H groups in total. The molecule has 0 aliphatic heterocycles. The number of aryl methyl sites for hydroxylation is 1. The number of hydrogen-bond acceptors (Lipinski definition) is 7. The summed E-state index contributed by atoms with van der Waals surface area (Å²) < 4.78 is 27.9. The van der Waals surface area contributed by atoms with Gasteiger partial charge in [0.1, 0.15) is 23.8 Å². The van der Waals surface area contributed by atoms with Crippen LogP contribution >= 0.6 is 0 Å². The van der Waals surface area contributed by atoms with Crippen LogP contribution in [0.3, 0.4) is 0 Å². The maximum absolute atomic E-state index is 13.9. The number of amides is 1. The topological polar surface area (TPSA) is 114 Å². The van der Waals surface area contributed by atoms with E-state index in [0.29, 0.717) is 34.4 Å². The van der Waals surface area contributed by atoms with Gasteiger partial charge in [0.2, 0.25) is 5.65 Å². The Hall–Kier alpha value is -4.74. The van der Waals surface area contributed by atoms with Crippen LogP contribution in [0.25, 0.3) is 11.2 Å². The van der Waals surface area contributed by atoms with E-state index in [1.54, 1.807) is 42.6 Å². The van der Waals surface area contributed by atoms with Crippen molar-refractivity contribution in [1.29, 1.82) is 0 Å². The van der Waals surface area contributed by atoms with E-state index in [4.69, 9.17) is 4.84 Å². The molecule has 43 heavy (non-hydrogen) atoms. The van der Waals surface area contributed by atoms with Crippen molar-refractivity contribution in [2.45, 2.75) is 45.1 Å². The summed E-state index contributed by atoms with van der Waals surface area (Å²) in [4.78, 5) is 24.5. The van der Waals surface area contributed by atoms with Crippen molar-refractivity contribution in [3.63, 3.8) is 0 Å². The lowest BCUT2D eigenvalue weighted by molar-refractivity contribution is 0.0737. The van der Waals surface area contributed by atoms with Gasteiger partial charge in [-0.2, -0.15) is 0 Å². The van der Waals surface area contributed by atoms with Crippen molar-refractivity contribution >= 4 is 17.1 Å². The number of carbonyl (C=O) groups is 1. The average molecular weight is 587 g/mol. The monoisotopic (exact) mass is 586 g/mol. The first-order chi connectivity index (χ1) is 20.9. The van der Waals surface area contributed by atoms with Crippen molar-refractivity contribution in [1.82, 2.24) is 30.8 Å². The molecule has 0 radical (unpaired) electrons. The van der Waals surface area contributed by atoms with E-state index in [0.717, 1.165) is 18.1 Å². The number of pyridine rings is 1. The van der Waals surface area contributed by atoms with Crippen molar-refractivity contribution < 1.29 is 23.5 Å². The van der Waals surface area contributed by atoms with Gasteiger partial charge in [0.05, 0.1) is 12.1 Å². The number of halogens is 2. The molecule has 0 bridgehead atoms. The summed E-state index contributed by atoms with van der Waals surface area (Å²) in [7, 11) is 0. The molecule has 222 valence electrons. The second-order valence-corrected chi connectivity index (χ2v) is 10.2. The van der Waals surface area contributed by atoms with E-state index in [9.17, 15) is 18.7 Å². The molecule has 0 saturated carbocycles. The molecule has 3 aromatic carbocycles. The van der Waals surface area contributed by atoms with E-state index in [2.05, 4.69) is 45.0 Å². The Kier molecular flexibility index (Phi) is 9.65. The highest BCUT2D eigenvalue weighted by atomic mass is 19.1. The smallest absolute Gasteiger partial charge is 0.251 e. The number of hydrogen-bond donors (Lipinski definition) is 3. The second kappa shape index (κ2) is 14.0. The first kappa shape index (κ1) is 29.7. The lowest BCUT2D eigenvalue weighted by Crippen LogP contribution is -2.48. The Morgan fingerprint density at radius 2 is 1.72 bits per heavy atom. The molecule has 5 rings (SSSR count). The van der Waals surface area contributed by atoms with E-state index in [1.807, 2.05) is 12.1 Å². The molecule has 0 unspecified atom stereocenters. The summed E-state index contributed by atoms with van der Waals surface area (Å²) in [6.45, 7) is 2.83. The van der Waals surface area contributed by atoms with Gasteiger partial charge in [0.25, 0.3) is 5.91 Å². The normalized spacial score (nSPS) is 12.7. The van der Waals surface area contributed by atoms with Crippen LogP contribution in [-0.2, 0) is 26.0 Å². The van der Waals surface area contributed by atoms with Gasteiger partial charge in [-0.25, -0.2) is 13.8 Å². The minimum Gasteiger partial charge on any atom is -0.390 e. The highest BCUT2D eigenvalue weighted by Crippen LogP contribution is 2.14.